The molecule has 0 unspecified atom stereocenters. The summed E-state index contributed by atoms with van der Waals surface area (Å²) in [6.07, 6.45) is 0. The Bertz CT molecular complexity index is 758. The van der Waals surface area contributed by atoms with Crippen LogP contribution >= 0.6 is 11.6 Å². The first-order valence-corrected chi connectivity index (χ1v) is 9.50. The Labute approximate surface area is 165 Å². The fourth-order valence-corrected chi connectivity index (χ4v) is 2.85. The van der Waals surface area contributed by atoms with Gasteiger partial charge in [-0.3, -0.25) is 14.5 Å². The first-order chi connectivity index (χ1) is 13.0. The molecule has 2 rings (SSSR count). The van der Waals surface area contributed by atoms with Crippen LogP contribution in [0.4, 0.5) is 0 Å². The molecule has 0 aliphatic heterocycles. The summed E-state index contributed by atoms with van der Waals surface area (Å²) in [4.78, 5) is 26.3. The van der Waals surface area contributed by atoms with Crippen LogP contribution in [0.3, 0.4) is 0 Å². The molecule has 0 aliphatic rings. The van der Waals surface area contributed by atoms with Gasteiger partial charge in [0.2, 0.25) is 5.91 Å². The number of rotatable bonds is 9. The molecule has 0 saturated carbocycles. The smallest absolute Gasteiger partial charge is 0.253 e. The van der Waals surface area contributed by atoms with Gasteiger partial charge in [0.1, 0.15) is 0 Å². The molecular formula is C21H26ClN3O2. The number of hydrogen-bond acceptors (Lipinski definition) is 3. The monoisotopic (exact) mass is 387 g/mol. The summed E-state index contributed by atoms with van der Waals surface area (Å²) in [7, 11) is 0. The third-order valence-corrected chi connectivity index (χ3v) is 4.67. The van der Waals surface area contributed by atoms with Gasteiger partial charge in [-0.05, 0) is 36.3 Å². The molecule has 2 amide bonds. The van der Waals surface area contributed by atoms with Crippen molar-refractivity contribution >= 4 is 23.4 Å². The minimum Gasteiger partial charge on any atom is -0.350 e. The van der Waals surface area contributed by atoms with Gasteiger partial charge in [0.15, 0.2) is 0 Å². The standard InChI is InChI=1S/C21H26ClN3O2/c1-3-25(4-2)15-17-11-9-16(10-12-17)13-23-20(26)14-24-21(27)18-7-5-6-8-19(18)22/h5-12H,3-4,13-15H2,1-2H3,(H,23,26)(H,24,27). The molecule has 0 spiro atoms. The molecule has 0 heterocycles. The topological polar surface area (TPSA) is 61.4 Å². The Kier molecular flexibility index (Phi) is 8.30. The van der Waals surface area contributed by atoms with Gasteiger partial charge in [-0.15, -0.1) is 0 Å². The number of nitrogens with one attached hydrogen (secondary N) is 2. The van der Waals surface area contributed by atoms with Gasteiger partial charge in [-0.1, -0.05) is 61.8 Å². The summed E-state index contributed by atoms with van der Waals surface area (Å²) in [6, 6.07) is 14.9. The van der Waals surface area contributed by atoms with Crippen LogP contribution in [0.1, 0.15) is 35.3 Å². The predicted molar refractivity (Wildman–Crippen MR) is 109 cm³/mol. The van der Waals surface area contributed by atoms with E-state index in [9.17, 15) is 9.59 Å². The maximum absolute atomic E-state index is 12.0. The Hall–Kier alpha value is -2.37. The molecule has 144 valence electrons. The second-order valence-corrected chi connectivity index (χ2v) is 6.62. The van der Waals surface area contributed by atoms with Gasteiger partial charge in [-0.2, -0.15) is 0 Å². The number of hydrogen-bond donors (Lipinski definition) is 2. The fourth-order valence-electron chi connectivity index (χ4n) is 2.63. The van der Waals surface area contributed by atoms with Gasteiger partial charge in [0.25, 0.3) is 5.91 Å². The lowest BCUT2D eigenvalue weighted by atomic mass is 10.1. The van der Waals surface area contributed by atoms with Crippen molar-refractivity contribution in [3.8, 4) is 0 Å². The summed E-state index contributed by atoms with van der Waals surface area (Å²) in [5.74, 6) is -0.612. The molecular weight excluding hydrogens is 362 g/mol. The predicted octanol–water partition coefficient (Wildman–Crippen LogP) is 3.23. The molecule has 27 heavy (non-hydrogen) atoms. The molecule has 6 heteroatoms. The first-order valence-electron chi connectivity index (χ1n) is 9.13. The van der Waals surface area contributed by atoms with Crippen LogP contribution in [0.15, 0.2) is 48.5 Å². The van der Waals surface area contributed by atoms with Crippen LogP contribution in [-0.4, -0.2) is 36.3 Å². The van der Waals surface area contributed by atoms with Crippen molar-refractivity contribution in [2.45, 2.75) is 26.9 Å². The van der Waals surface area contributed by atoms with Crippen LogP contribution < -0.4 is 10.6 Å². The van der Waals surface area contributed by atoms with Gasteiger partial charge >= 0.3 is 0 Å². The molecule has 2 N–H and O–H groups in total. The Morgan fingerprint density at radius 2 is 1.56 bits per heavy atom. The zero-order chi connectivity index (χ0) is 19.6. The van der Waals surface area contributed by atoms with E-state index < -0.39 is 0 Å². The van der Waals surface area contributed by atoms with E-state index in [0.717, 1.165) is 25.2 Å². The van der Waals surface area contributed by atoms with Crippen molar-refractivity contribution in [3.63, 3.8) is 0 Å². The van der Waals surface area contributed by atoms with E-state index in [2.05, 4.69) is 41.5 Å². The van der Waals surface area contributed by atoms with Crippen LogP contribution in [0.2, 0.25) is 5.02 Å². The second kappa shape index (κ2) is 10.7. The van der Waals surface area contributed by atoms with Crippen LogP contribution in [0.5, 0.6) is 0 Å². The minimum atomic E-state index is -0.364. The molecule has 2 aromatic rings. The van der Waals surface area contributed by atoms with Crippen LogP contribution in [0.25, 0.3) is 0 Å². The van der Waals surface area contributed by atoms with Crippen molar-refractivity contribution in [2.24, 2.45) is 0 Å². The lowest BCUT2D eigenvalue weighted by Crippen LogP contribution is -2.36. The van der Waals surface area contributed by atoms with Crippen molar-refractivity contribution in [1.29, 1.82) is 0 Å². The molecule has 0 aliphatic carbocycles. The lowest BCUT2D eigenvalue weighted by Gasteiger charge is -2.18. The number of benzene rings is 2. The zero-order valence-electron chi connectivity index (χ0n) is 15.8. The summed E-state index contributed by atoms with van der Waals surface area (Å²) < 4.78 is 0. The molecule has 0 atom stereocenters. The maximum Gasteiger partial charge on any atom is 0.253 e. The molecule has 0 aromatic heterocycles. The Morgan fingerprint density at radius 1 is 0.926 bits per heavy atom. The highest BCUT2D eigenvalue weighted by molar-refractivity contribution is 6.33. The summed E-state index contributed by atoms with van der Waals surface area (Å²) in [5.41, 5.74) is 2.63. The van der Waals surface area contributed by atoms with Crippen molar-refractivity contribution in [2.75, 3.05) is 19.6 Å². The van der Waals surface area contributed by atoms with Gasteiger partial charge in [-0.25, -0.2) is 0 Å². The fraction of sp³-hybridized carbons (Fsp3) is 0.333. The van der Waals surface area contributed by atoms with E-state index >= 15 is 0 Å². The largest absolute Gasteiger partial charge is 0.350 e. The summed E-state index contributed by atoms with van der Waals surface area (Å²) in [5, 5.41) is 5.75. The number of nitrogens with zero attached hydrogens (tertiary/aromatic N) is 1. The normalized spacial score (nSPS) is 10.7. The van der Waals surface area contributed by atoms with E-state index in [1.54, 1.807) is 24.3 Å². The minimum absolute atomic E-state index is 0.0932. The van der Waals surface area contributed by atoms with Gasteiger partial charge in [0.05, 0.1) is 17.1 Å². The zero-order valence-corrected chi connectivity index (χ0v) is 16.6. The molecule has 5 nitrogen and oxygen atoms in total. The lowest BCUT2D eigenvalue weighted by molar-refractivity contribution is -0.120. The Balaban J connectivity index is 1.77. The van der Waals surface area contributed by atoms with Gasteiger partial charge in [0, 0.05) is 13.1 Å². The molecule has 0 fully saturated rings. The number of halogens is 1. The van der Waals surface area contributed by atoms with Gasteiger partial charge < -0.3 is 10.6 Å². The molecule has 2 aromatic carbocycles. The average Bonchev–Trinajstić information content (AvgIpc) is 2.69. The van der Waals surface area contributed by atoms with Crippen molar-refractivity contribution in [3.05, 3.63) is 70.2 Å². The third kappa shape index (κ3) is 6.70. The van der Waals surface area contributed by atoms with Crippen molar-refractivity contribution < 1.29 is 9.59 Å². The quantitative estimate of drug-likeness (QED) is 0.694. The Morgan fingerprint density at radius 3 is 2.19 bits per heavy atom. The third-order valence-electron chi connectivity index (χ3n) is 4.34. The van der Waals surface area contributed by atoms with Crippen LogP contribution in [-0.2, 0) is 17.9 Å². The number of carbonyl (C=O) groups excluding carboxylic acids is 2. The highest BCUT2D eigenvalue weighted by atomic mass is 35.5. The number of carbonyl (C=O) groups is 2. The first kappa shape index (κ1) is 20.9. The highest BCUT2D eigenvalue weighted by Gasteiger charge is 2.11. The van der Waals surface area contributed by atoms with E-state index in [1.807, 2.05) is 12.1 Å². The maximum atomic E-state index is 12.0. The van der Waals surface area contributed by atoms with E-state index in [1.165, 1.54) is 5.56 Å². The highest BCUT2D eigenvalue weighted by Crippen LogP contribution is 2.14. The van der Waals surface area contributed by atoms with E-state index in [4.69, 9.17) is 11.6 Å². The molecule has 0 bridgehead atoms. The average molecular weight is 388 g/mol. The summed E-state index contributed by atoms with van der Waals surface area (Å²) in [6.45, 7) is 7.60. The molecule has 0 saturated heterocycles. The second-order valence-electron chi connectivity index (χ2n) is 6.22. The van der Waals surface area contributed by atoms with Crippen LogP contribution in [0, 0.1) is 0 Å². The van der Waals surface area contributed by atoms with E-state index in [-0.39, 0.29) is 18.4 Å². The van der Waals surface area contributed by atoms with E-state index in [0.29, 0.717) is 17.1 Å². The van der Waals surface area contributed by atoms with Crippen molar-refractivity contribution in [1.82, 2.24) is 15.5 Å². The number of amides is 2. The summed E-state index contributed by atoms with van der Waals surface area (Å²) >= 11 is 5.97. The molecule has 0 radical (unpaired) electrons. The SMILES string of the molecule is CCN(CC)Cc1ccc(CNC(=O)CNC(=O)c2ccccc2Cl)cc1.